The van der Waals surface area contributed by atoms with Gasteiger partial charge in [0.15, 0.2) is 0 Å². The average molecular weight is 331 g/mol. The third-order valence-electron chi connectivity index (χ3n) is 3.37. The number of anilines is 1. The molecule has 2 rings (SSSR count). The second-order valence-corrected chi connectivity index (χ2v) is 6.36. The van der Waals surface area contributed by atoms with Crippen molar-refractivity contribution in [1.29, 1.82) is 0 Å². The quantitative estimate of drug-likeness (QED) is 0.779. The highest BCUT2D eigenvalue weighted by molar-refractivity contribution is 7.10. The van der Waals surface area contributed by atoms with Crippen LogP contribution in [0.15, 0.2) is 41.8 Å². The van der Waals surface area contributed by atoms with Gasteiger partial charge < -0.3 is 16.0 Å². The monoisotopic (exact) mass is 331 g/mol. The van der Waals surface area contributed by atoms with Crippen LogP contribution in [0.4, 0.5) is 10.5 Å². The highest BCUT2D eigenvalue weighted by atomic mass is 32.1. The summed E-state index contributed by atoms with van der Waals surface area (Å²) in [7, 11) is 0. The van der Waals surface area contributed by atoms with E-state index in [4.69, 9.17) is 0 Å². The highest BCUT2D eigenvalue weighted by Crippen LogP contribution is 2.19. The lowest BCUT2D eigenvalue weighted by Gasteiger charge is -2.18. The number of carbonyl (C=O) groups is 2. The zero-order chi connectivity index (χ0) is 16.8. The molecule has 3 amide bonds. The zero-order valence-electron chi connectivity index (χ0n) is 13.4. The summed E-state index contributed by atoms with van der Waals surface area (Å²) in [6.07, 6.45) is 0. The molecule has 23 heavy (non-hydrogen) atoms. The normalized spacial score (nSPS) is 13.0. The first-order valence-corrected chi connectivity index (χ1v) is 8.31. The predicted octanol–water partition coefficient (Wildman–Crippen LogP) is 3.83. The topological polar surface area (TPSA) is 70.2 Å². The standard InChI is InChI=1S/C17H21N3O2S/c1-11(14-6-4-7-15(10-14)20-13(3)21)18-17(22)19-12(2)16-8-5-9-23-16/h4-12H,1-3H3,(H,20,21)(H2,18,19,22)/t11-,12+/m1/s1. The summed E-state index contributed by atoms with van der Waals surface area (Å²) in [5.74, 6) is -0.120. The van der Waals surface area contributed by atoms with Crippen LogP contribution in [0.3, 0.4) is 0 Å². The van der Waals surface area contributed by atoms with Crippen LogP contribution in [0, 0.1) is 0 Å². The molecule has 2 aromatic rings. The third-order valence-corrected chi connectivity index (χ3v) is 4.43. The maximum Gasteiger partial charge on any atom is 0.315 e. The molecule has 2 atom stereocenters. The molecular formula is C17H21N3O2S. The molecule has 0 saturated carbocycles. The molecule has 0 aliphatic carbocycles. The molecule has 0 spiro atoms. The smallest absolute Gasteiger partial charge is 0.315 e. The molecule has 1 aromatic carbocycles. The highest BCUT2D eigenvalue weighted by Gasteiger charge is 2.13. The van der Waals surface area contributed by atoms with Gasteiger partial charge in [-0.1, -0.05) is 18.2 Å². The Balaban J connectivity index is 1.94. The van der Waals surface area contributed by atoms with Crippen molar-refractivity contribution < 1.29 is 9.59 Å². The van der Waals surface area contributed by atoms with Crippen LogP contribution < -0.4 is 16.0 Å². The number of amides is 3. The van der Waals surface area contributed by atoms with Gasteiger partial charge >= 0.3 is 6.03 Å². The number of urea groups is 1. The number of rotatable bonds is 5. The van der Waals surface area contributed by atoms with Gasteiger partial charge in [0, 0.05) is 17.5 Å². The SMILES string of the molecule is CC(=O)Nc1cccc([C@@H](C)NC(=O)N[C@@H](C)c2cccs2)c1. The van der Waals surface area contributed by atoms with Crippen LogP contribution in [0.5, 0.6) is 0 Å². The fourth-order valence-electron chi connectivity index (χ4n) is 2.22. The van der Waals surface area contributed by atoms with Crippen LogP contribution in [0.1, 0.15) is 43.3 Å². The number of hydrogen-bond acceptors (Lipinski definition) is 3. The molecule has 3 N–H and O–H groups in total. The number of nitrogens with one attached hydrogen (secondary N) is 3. The van der Waals surface area contributed by atoms with Gasteiger partial charge in [-0.3, -0.25) is 4.79 Å². The number of carbonyl (C=O) groups excluding carboxylic acids is 2. The minimum Gasteiger partial charge on any atom is -0.332 e. The van der Waals surface area contributed by atoms with E-state index >= 15 is 0 Å². The molecule has 122 valence electrons. The van der Waals surface area contributed by atoms with E-state index in [0.717, 1.165) is 16.1 Å². The molecule has 0 fully saturated rings. The van der Waals surface area contributed by atoms with Gasteiger partial charge in [0.05, 0.1) is 12.1 Å². The van der Waals surface area contributed by atoms with Crippen molar-refractivity contribution in [2.24, 2.45) is 0 Å². The Kier molecular flexibility index (Phi) is 5.76. The Morgan fingerprint density at radius 2 is 1.78 bits per heavy atom. The van der Waals surface area contributed by atoms with Crippen LogP contribution in [-0.2, 0) is 4.79 Å². The minimum atomic E-state index is -0.219. The van der Waals surface area contributed by atoms with Crippen molar-refractivity contribution >= 4 is 29.0 Å². The van der Waals surface area contributed by atoms with Gasteiger partial charge in [0.2, 0.25) is 5.91 Å². The molecule has 6 heteroatoms. The van der Waals surface area contributed by atoms with Gasteiger partial charge in [-0.25, -0.2) is 4.79 Å². The summed E-state index contributed by atoms with van der Waals surface area (Å²) in [6.45, 7) is 5.32. The van der Waals surface area contributed by atoms with Crippen molar-refractivity contribution in [2.75, 3.05) is 5.32 Å². The van der Waals surface area contributed by atoms with E-state index in [1.54, 1.807) is 11.3 Å². The maximum atomic E-state index is 12.1. The second-order valence-electron chi connectivity index (χ2n) is 5.38. The molecule has 0 radical (unpaired) electrons. The number of thiophene rings is 1. The number of hydrogen-bond donors (Lipinski definition) is 3. The largest absolute Gasteiger partial charge is 0.332 e. The fourth-order valence-corrected chi connectivity index (χ4v) is 2.95. The van der Waals surface area contributed by atoms with E-state index in [9.17, 15) is 9.59 Å². The van der Waals surface area contributed by atoms with Crippen LogP contribution in [0.2, 0.25) is 0 Å². The van der Waals surface area contributed by atoms with E-state index in [1.165, 1.54) is 6.92 Å². The Morgan fingerprint density at radius 1 is 1.04 bits per heavy atom. The van der Waals surface area contributed by atoms with Crippen molar-refractivity contribution in [1.82, 2.24) is 10.6 Å². The number of benzene rings is 1. The van der Waals surface area contributed by atoms with Crippen molar-refractivity contribution in [2.45, 2.75) is 32.9 Å². The Hall–Kier alpha value is -2.34. The lowest BCUT2D eigenvalue weighted by atomic mass is 10.1. The van der Waals surface area contributed by atoms with Gasteiger partial charge in [-0.2, -0.15) is 0 Å². The Labute approximate surface area is 140 Å². The first-order chi connectivity index (χ1) is 11.0. The Bertz CT molecular complexity index is 670. The van der Waals surface area contributed by atoms with Crippen LogP contribution in [0.25, 0.3) is 0 Å². The molecule has 0 saturated heterocycles. The first-order valence-electron chi connectivity index (χ1n) is 7.43. The maximum absolute atomic E-state index is 12.1. The first kappa shape index (κ1) is 17.0. The van der Waals surface area contributed by atoms with Gasteiger partial charge in [-0.05, 0) is 43.0 Å². The van der Waals surface area contributed by atoms with Crippen molar-refractivity contribution in [3.63, 3.8) is 0 Å². The van der Waals surface area contributed by atoms with E-state index in [1.807, 2.05) is 55.6 Å². The average Bonchev–Trinajstić information content (AvgIpc) is 3.00. The zero-order valence-corrected chi connectivity index (χ0v) is 14.2. The van der Waals surface area contributed by atoms with Crippen molar-refractivity contribution in [3.8, 4) is 0 Å². The molecule has 0 aliphatic rings. The molecule has 0 aliphatic heterocycles. The van der Waals surface area contributed by atoms with Crippen molar-refractivity contribution in [3.05, 3.63) is 52.2 Å². The predicted molar refractivity (Wildman–Crippen MR) is 93.6 cm³/mol. The van der Waals surface area contributed by atoms with Gasteiger partial charge in [0.25, 0.3) is 0 Å². The summed E-state index contributed by atoms with van der Waals surface area (Å²) >= 11 is 1.61. The lowest BCUT2D eigenvalue weighted by molar-refractivity contribution is -0.114. The summed E-state index contributed by atoms with van der Waals surface area (Å²) < 4.78 is 0. The molecular weight excluding hydrogens is 310 g/mol. The summed E-state index contributed by atoms with van der Waals surface area (Å²) in [4.78, 5) is 24.3. The third kappa shape index (κ3) is 5.10. The van der Waals surface area contributed by atoms with Gasteiger partial charge in [-0.15, -0.1) is 11.3 Å². The Morgan fingerprint density at radius 3 is 2.43 bits per heavy atom. The van der Waals surface area contributed by atoms with Gasteiger partial charge in [0.1, 0.15) is 0 Å². The van der Waals surface area contributed by atoms with E-state index in [0.29, 0.717) is 0 Å². The van der Waals surface area contributed by atoms with Crippen LogP contribution in [-0.4, -0.2) is 11.9 Å². The molecule has 0 bridgehead atoms. The minimum absolute atomic E-state index is 0.0343. The summed E-state index contributed by atoms with van der Waals surface area (Å²) in [5, 5.41) is 10.6. The lowest BCUT2D eigenvalue weighted by Crippen LogP contribution is -2.38. The second kappa shape index (κ2) is 7.78. The van der Waals surface area contributed by atoms with E-state index in [2.05, 4.69) is 16.0 Å². The summed E-state index contributed by atoms with van der Waals surface area (Å²) in [6, 6.07) is 11.0. The fraction of sp³-hybridized carbons (Fsp3) is 0.294. The summed E-state index contributed by atoms with van der Waals surface area (Å²) in [5.41, 5.74) is 1.64. The van der Waals surface area contributed by atoms with E-state index in [-0.39, 0.29) is 24.0 Å². The molecule has 1 aromatic heterocycles. The van der Waals surface area contributed by atoms with Crippen LogP contribution >= 0.6 is 11.3 Å². The van der Waals surface area contributed by atoms with E-state index < -0.39 is 0 Å². The molecule has 5 nitrogen and oxygen atoms in total. The molecule has 0 unspecified atom stereocenters. The molecule has 1 heterocycles.